The molecule has 1 unspecified atom stereocenters. The largest absolute Gasteiger partial charge is 0.480 e. The minimum absolute atomic E-state index is 0.185. The summed E-state index contributed by atoms with van der Waals surface area (Å²) in [4.78, 5) is 23.3. The van der Waals surface area contributed by atoms with Crippen LogP contribution in [0.1, 0.15) is 12.0 Å². The quantitative estimate of drug-likeness (QED) is 0.824. The molecule has 0 aliphatic carbocycles. The maximum atomic E-state index is 12.2. The van der Waals surface area contributed by atoms with Crippen molar-refractivity contribution < 1.29 is 14.7 Å². The molecule has 0 aromatic heterocycles. The molecule has 2 aromatic rings. The van der Waals surface area contributed by atoms with Gasteiger partial charge in [0.2, 0.25) is 5.91 Å². The number of thioether (sulfide) groups is 1. The number of nitrogens with one attached hydrogen (secondary N) is 1. The molecule has 2 N–H and O–H groups in total. The number of benzene rings is 2. The van der Waals surface area contributed by atoms with Gasteiger partial charge in [0.05, 0.1) is 6.42 Å². The monoisotopic (exact) mass is 317 g/mol. The summed E-state index contributed by atoms with van der Waals surface area (Å²) >= 11 is 1.57. The molecule has 0 saturated heterocycles. The van der Waals surface area contributed by atoms with Gasteiger partial charge in [-0.3, -0.25) is 4.79 Å². The van der Waals surface area contributed by atoms with Gasteiger partial charge >= 0.3 is 5.97 Å². The molecule has 0 aliphatic rings. The molecule has 0 heterocycles. The maximum Gasteiger partial charge on any atom is 0.326 e. The number of hydrogen-bond donors (Lipinski definition) is 2. The highest BCUT2D eigenvalue weighted by molar-refractivity contribution is 7.98. The van der Waals surface area contributed by atoms with Crippen LogP contribution in [0.5, 0.6) is 0 Å². The van der Waals surface area contributed by atoms with Gasteiger partial charge < -0.3 is 10.4 Å². The van der Waals surface area contributed by atoms with Crippen molar-refractivity contribution >= 4 is 34.4 Å². The zero-order valence-electron chi connectivity index (χ0n) is 12.4. The summed E-state index contributed by atoms with van der Waals surface area (Å²) in [6, 6.07) is 12.8. The van der Waals surface area contributed by atoms with Crippen LogP contribution in [0, 0.1) is 0 Å². The SMILES string of the molecule is CSCCC(NC(=O)Cc1cccc2ccccc12)C(=O)O. The van der Waals surface area contributed by atoms with E-state index in [2.05, 4.69) is 5.32 Å². The lowest BCUT2D eigenvalue weighted by Crippen LogP contribution is -2.41. The lowest BCUT2D eigenvalue weighted by Gasteiger charge is -2.14. The molecule has 22 heavy (non-hydrogen) atoms. The summed E-state index contributed by atoms with van der Waals surface area (Å²) in [5, 5.41) is 13.9. The van der Waals surface area contributed by atoms with Crippen molar-refractivity contribution in [3.05, 3.63) is 48.0 Å². The summed E-state index contributed by atoms with van der Waals surface area (Å²) < 4.78 is 0. The third kappa shape index (κ3) is 4.24. The number of hydrogen-bond acceptors (Lipinski definition) is 3. The number of amides is 1. The summed E-state index contributed by atoms with van der Waals surface area (Å²) in [5.74, 6) is -0.545. The van der Waals surface area contributed by atoms with Gasteiger partial charge in [0.15, 0.2) is 0 Å². The molecule has 116 valence electrons. The van der Waals surface area contributed by atoms with Crippen molar-refractivity contribution in [2.75, 3.05) is 12.0 Å². The molecule has 0 bridgehead atoms. The predicted octanol–water partition coefficient (Wildman–Crippen LogP) is 2.70. The number of carboxylic acids is 1. The smallest absolute Gasteiger partial charge is 0.326 e. The molecule has 0 spiro atoms. The Hall–Kier alpha value is -2.01. The Morgan fingerprint density at radius 1 is 1.18 bits per heavy atom. The van der Waals surface area contributed by atoms with Gasteiger partial charge in [0.25, 0.3) is 0 Å². The summed E-state index contributed by atoms with van der Waals surface area (Å²) in [7, 11) is 0. The van der Waals surface area contributed by atoms with Crippen LogP contribution in [0.2, 0.25) is 0 Å². The number of rotatable bonds is 7. The Bertz CT molecular complexity index is 667. The Morgan fingerprint density at radius 2 is 1.91 bits per heavy atom. The van der Waals surface area contributed by atoms with Crippen molar-refractivity contribution in [3.8, 4) is 0 Å². The van der Waals surface area contributed by atoms with E-state index in [0.29, 0.717) is 12.2 Å². The van der Waals surface area contributed by atoms with Gasteiger partial charge in [-0.15, -0.1) is 0 Å². The Balaban J connectivity index is 2.08. The number of carboxylic acid groups (broad SMARTS) is 1. The van der Waals surface area contributed by atoms with Crippen LogP contribution in [-0.4, -0.2) is 35.0 Å². The van der Waals surface area contributed by atoms with Crippen molar-refractivity contribution in [2.24, 2.45) is 0 Å². The first kappa shape index (κ1) is 16.4. The lowest BCUT2D eigenvalue weighted by atomic mass is 10.0. The van der Waals surface area contributed by atoms with Gasteiger partial charge in [-0.2, -0.15) is 11.8 Å². The summed E-state index contributed by atoms with van der Waals surface area (Å²) in [6.45, 7) is 0. The van der Waals surface area contributed by atoms with E-state index in [0.717, 1.165) is 16.3 Å². The highest BCUT2D eigenvalue weighted by Crippen LogP contribution is 2.18. The topological polar surface area (TPSA) is 66.4 Å². The second kappa shape index (κ2) is 7.84. The van der Waals surface area contributed by atoms with Crippen molar-refractivity contribution in [2.45, 2.75) is 18.9 Å². The molecular formula is C17H19NO3S. The Kier molecular flexibility index (Phi) is 5.83. The summed E-state index contributed by atoms with van der Waals surface area (Å²) in [6.07, 6.45) is 2.53. The van der Waals surface area contributed by atoms with E-state index in [1.54, 1.807) is 11.8 Å². The molecule has 2 rings (SSSR count). The lowest BCUT2D eigenvalue weighted by molar-refractivity contribution is -0.141. The molecule has 0 radical (unpaired) electrons. The highest BCUT2D eigenvalue weighted by atomic mass is 32.2. The minimum atomic E-state index is -0.986. The van der Waals surface area contributed by atoms with E-state index < -0.39 is 12.0 Å². The molecule has 4 nitrogen and oxygen atoms in total. The number of aliphatic carboxylic acids is 1. The average molecular weight is 317 g/mol. The van der Waals surface area contributed by atoms with Gasteiger partial charge in [-0.1, -0.05) is 42.5 Å². The van der Waals surface area contributed by atoms with Crippen LogP contribution < -0.4 is 5.32 Å². The van der Waals surface area contributed by atoms with E-state index >= 15 is 0 Å². The molecule has 0 fully saturated rings. The van der Waals surface area contributed by atoms with Crippen LogP contribution in [0.25, 0.3) is 10.8 Å². The van der Waals surface area contributed by atoms with Crippen LogP contribution >= 0.6 is 11.8 Å². The van der Waals surface area contributed by atoms with E-state index in [9.17, 15) is 9.59 Å². The van der Waals surface area contributed by atoms with E-state index in [-0.39, 0.29) is 12.3 Å². The Labute approximate surface area is 133 Å². The molecular weight excluding hydrogens is 298 g/mol. The first-order valence-corrected chi connectivity index (χ1v) is 8.49. The molecule has 0 aliphatic heterocycles. The summed E-state index contributed by atoms with van der Waals surface area (Å²) in [5.41, 5.74) is 0.907. The third-order valence-corrected chi connectivity index (χ3v) is 4.12. The van der Waals surface area contributed by atoms with E-state index in [4.69, 9.17) is 5.11 Å². The molecule has 0 saturated carbocycles. The first-order valence-electron chi connectivity index (χ1n) is 7.09. The van der Waals surface area contributed by atoms with Gasteiger partial charge in [-0.25, -0.2) is 4.79 Å². The standard InChI is InChI=1S/C17H19NO3S/c1-22-10-9-15(17(20)21)18-16(19)11-13-7-4-6-12-5-2-3-8-14(12)13/h2-8,15H,9-11H2,1H3,(H,18,19)(H,20,21). The molecule has 1 atom stereocenters. The maximum absolute atomic E-state index is 12.2. The second-order valence-electron chi connectivity index (χ2n) is 5.05. The zero-order chi connectivity index (χ0) is 15.9. The normalized spacial score (nSPS) is 12.0. The molecule has 5 heteroatoms. The van der Waals surface area contributed by atoms with Crippen LogP contribution in [0.4, 0.5) is 0 Å². The average Bonchev–Trinajstić information content (AvgIpc) is 2.51. The first-order chi connectivity index (χ1) is 10.6. The zero-order valence-corrected chi connectivity index (χ0v) is 13.2. The van der Waals surface area contributed by atoms with Gasteiger partial charge in [0.1, 0.15) is 6.04 Å². The predicted molar refractivity (Wildman–Crippen MR) is 90.2 cm³/mol. The highest BCUT2D eigenvalue weighted by Gasteiger charge is 2.19. The van der Waals surface area contributed by atoms with E-state index in [1.807, 2.05) is 48.7 Å². The van der Waals surface area contributed by atoms with Crippen molar-refractivity contribution in [1.29, 1.82) is 0 Å². The van der Waals surface area contributed by atoms with Crippen molar-refractivity contribution in [3.63, 3.8) is 0 Å². The third-order valence-electron chi connectivity index (χ3n) is 3.47. The van der Waals surface area contributed by atoms with Crippen LogP contribution in [0.15, 0.2) is 42.5 Å². The minimum Gasteiger partial charge on any atom is -0.480 e. The van der Waals surface area contributed by atoms with Crippen LogP contribution in [0.3, 0.4) is 0 Å². The van der Waals surface area contributed by atoms with Gasteiger partial charge in [0, 0.05) is 0 Å². The second-order valence-corrected chi connectivity index (χ2v) is 6.04. The Morgan fingerprint density at radius 3 is 2.64 bits per heavy atom. The molecule has 2 aromatic carbocycles. The number of carbonyl (C=O) groups is 2. The molecule has 1 amide bonds. The fourth-order valence-corrected chi connectivity index (χ4v) is 2.83. The number of fused-ring (bicyclic) bond motifs is 1. The fraction of sp³-hybridized carbons (Fsp3) is 0.294. The fourth-order valence-electron chi connectivity index (χ4n) is 2.36. The van der Waals surface area contributed by atoms with Gasteiger partial charge in [-0.05, 0) is 34.8 Å². The van der Waals surface area contributed by atoms with Crippen LogP contribution in [-0.2, 0) is 16.0 Å². The number of carbonyl (C=O) groups excluding carboxylic acids is 1. The van der Waals surface area contributed by atoms with Crippen molar-refractivity contribution in [1.82, 2.24) is 5.32 Å². The van der Waals surface area contributed by atoms with E-state index in [1.165, 1.54) is 0 Å².